The molecule has 4 bridgehead atoms. The van der Waals surface area contributed by atoms with Crippen LogP contribution in [0.2, 0.25) is 0 Å². The molecule has 7 aromatic carbocycles. The van der Waals surface area contributed by atoms with Crippen molar-refractivity contribution in [3.63, 3.8) is 0 Å². The monoisotopic (exact) mass is 617 g/mol. The van der Waals surface area contributed by atoms with E-state index in [1.165, 1.54) is 83.5 Å². The maximum Gasteiger partial charge on any atom is 0.0496 e. The second-order valence-electron chi connectivity index (χ2n) is 14.1. The molecule has 0 amide bonds. The predicted octanol–water partition coefficient (Wildman–Crippen LogP) is 12.2. The van der Waals surface area contributed by atoms with Crippen LogP contribution in [0.3, 0.4) is 0 Å². The normalized spacial score (nSPS) is 14.3. The van der Waals surface area contributed by atoms with Crippen LogP contribution in [-0.4, -0.2) is 0 Å². The zero-order valence-electron chi connectivity index (χ0n) is 27.7. The Hall–Kier alpha value is -5.40. The van der Waals surface area contributed by atoms with Gasteiger partial charge in [-0.05, 0) is 122 Å². The first-order valence-corrected chi connectivity index (χ1v) is 17.4. The maximum atomic E-state index is 2.56. The zero-order chi connectivity index (χ0) is 32.2. The lowest BCUT2D eigenvalue weighted by Gasteiger charge is -2.31. The quantitative estimate of drug-likeness (QED) is 0.190. The van der Waals surface area contributed by atoms with E-state index in [0.29, 0.717) is 0 Å². The van der Waals surface area contributed by atoms with Gasteiger partial charge in [0.2, 0.25) is 0 Å². The van der Waals surface area contributed by atoms with Gasteiger partial charge in [0.25, 0.3) is 0 Å². The highest BCUT2D eigenvalue weighted by Crippen LogP contribution is 2.54. The first-order valence-electron chi connectivity index (χ1n) is 17.4. The number of rotatable bonds is 4. The molecule has 48 heavy (non-hydrogen) atoms. The minimum Gasteiger partial charge on any atom is -0.310 e. The molecule has 0 spiro atoms. The van der Waals surface area contributed by atoms with Crippen LogP contribution >= 0.6 is 0 Å². The third-order valence-corrected chi connectivity index (χ3v) is 10.8. The van der Waals surface area contributed by atoms with E-state index in [9.17, 15) is 0 Å². The molecule has 0 saturated heterocycles. The molecule has 5 aliphatic carbocycles. The van der Waals surface area contributed by atoms with E-state index in [0.717, 1.165) is 25.7 Å². The Morgan fingerprint density at radius 2 is 1.12 bits per heavy atom. The first-order chi connectivity index (χ1) is 23.5. The topological polar surface area (TPSA) is 3.24 Å². The Bertz CT molecular complexity index is 2310. The minimum absolute atomic E-state index is 0.131. The number of hydrogen-bond acceptors (Lipinski definition) is 1. The second kappa shape index (κ2) is 11.4. The summed E-state index contributed by atoms with van der Waals surface area (Å²) >= 11 is 0. The summed E-state index contributed by atoms with van der Waals surface area (Å²) in [7, 11) is 0. The average Bonchev–Trinajstić information content (AvgIpc) is 3.36. The smallest absolute Gasteiger partial charge is 0.0496 e. The summed E-state index contributed by atoms with van der Waals surface area (Å²) in [6.07, 6.45) is 4.05. The zero-order valence-corrected chi connectivity index (χ0v) is 27.7. The van der Waals surface area contributed by atoms with Gasteiger partial charge in [-0.25, -0.2) is 0 Å². The summed E-state index contributed by atoms with van der Waals surface area (Å²) < 4.78 is 0. The average molecular weight is 618 g/mol. The fourth-order valence-corrected chi connectivity index (χ4v) is 8.14. The van der Waals surface area contributed by atoms with Crippen molar-refractivity contribution in [2.75, 3.05) is 4.90 Å². The maximum absolute atomic E-state index is 2.56. The van der Waals surface area contributed by atoms with Gasteiger partial charge in [-0.3, -0.25) is 0 Å². The third kappa shape index (κ3) is 4.85. The standard InChI is InChI=1S/C47H39N/c1-47(2)43-15-9-8-14-41(43)46-42(36-11-4-3-5-12-36)30-40(31-44(46)47)48(39-27-26-35-10-6-7-13-38(35)29-39)45-28-34-21-20-32-16-18-33(19-17-32)22-24-37(45)25-23-34/h3-19,23,25-31H,20-22,24H2,1-2H3. The lowest BCUT2D eigenvalue weighted by molar-refractivity contribution is 0.660. The van der Waals surface area contributed by atoms with Crippen LogP contribution in [0.1, 0.15) is 47.2 Å². The molecule has 0 saturated carbocycles. The van der Waals surface area contributed by atoms with Crippen molar-refractivity contribution >= 4 is 27.8 Å². The van der Waals surface area contributed by atoms with Gasteiger partial charge in [-0.15, -0.1) is 0 Å². The fourth-order valence-electron chi connectivity index (χ4n) is 8.14. The van der Waals surface area contributed by atoms with Gasteiger partial charge in [0.1, 0.15) is 0 Å². The molecule has 0 fully saturated rings. The summed E-state index contributed by atoms with van der Waals surface area (Å²) in [5, 5.41) is 2.51. The Labute approximate surface area is 284 Å². The van der Waals surface area contributed by atoms with Crippen molar-refractivity contribution in [2.45, 2.75) is 44.9 Å². The van der Waals surface area contributed by atoms with E-state index in [1.807, 2.05) is 0 Å². The molecule has 0 heterocycles. The molecule has 5 aliphatic rings. The summed E-state index contributed by atoms with van der Waals surface area (Å²) in [5.74, 6) is 0. The molecular formula is C47H39N. The van der Waals surface area contributed by atoms with Crippen molar-refractivity contribution in [3.05, 3.63) is 185 Å². The Balaban J connectivity index is 1.32. The molecular weight excluding hydrogens is 579 g/mol. The van der Waals surface area contributed by atoms with Gasteiger partial charge in [-0.1, -0.05) is 135 Å². The molecule has 12 rings (SSSR count). The van der Waals surface area contributed by atoms with Gasteiger partial charge in [0.15, 0.2) is 0 Å². The van der Waals surface area contributed by atoms with Crippen LogP contribution in [0.15, 0.2) is 152 Å². The third-order valence-electron chi connectivity index (χ3n) is 10.8. The second-order valence-corrected chi connectivity index (χ2v) is 14.1. The lowest BCUT2D eigenvalue weighted by Crippen LogP contribution is -2.18. The molecule has 0 N–H and O–H groups in total. The van der Waals surface area contributed by atoms with Crippen LogP contribution < -0.4 is 4.90 Å². The number of fused-ring (bicyclic) bond motifs is 4. The van der Waals surface area contributed by atoms with E-state index in [1.54, 1.807) is 0 Å². The summed E-state index contributed by atoms with van der Waals surface area (Å²) in [4.78, 5) is 2.56. The summed E-state index contributed by atoms with van der Waals surface area (Å²) in [5.41, 5.74) is 17.1. The van der Waals surface area contributed by atoms with Crippen LogP contribution in [0.25, 0.3) is 33.0 Å². The lowest BCUT2D eigenvalue weighted by atomic mass is 9.81. The Kier molecular flexibility index (Phi) is 6.83. The van der Waals surface area contributed by atoms with E-state index in [4.69, 9.17) is 0 Å². The van der Waals surface area contributed by atoms with E-state index in [-0.39, 0.29) is 5.41 Å². The Morgan fingerprint density at radius 1 is 0.458 bits per heavy atom. The number of benzene rings is 7. The molecule has 0 aliphatic heterocycles. The van der Waals surface area contributed by atoms with Gasteiger partial charge < -0.3 is 4.90 Å². The van der Waals surface area contributed by atoms with Crippen LogP contribution in [-0.2, 0) is 31.1 Å². The summed E-state index contributed by atoms with van der Waals surface area (Å²) in [6.45, 7) is 4.79. The van der Waals surface area contributed by atoms with Crippen molar-refractivity contribution in [3.8, 4) is 22.3 Å². The SMILES string of the molecule is CC1(C)c2ccccc2-c2c(-c3ccccc3)cc(N(c3ccc4ccccc4c3)c3cc4ccc3CCc3ccc(cc3)CC4)cc21. The molecule has 1 nitrogen and oxygen atoms in total. The summed E-state index contributed by atoms with van der Waals surface area (Å²) in [6, 6.07) is 57.2. The van der Waals surface area contributed by atoms with Crippen LogP contribution in [0.4, 0.5) is 17.1 Å². The van der Waals surface area contributed by atoms with Crippen LogP contribution in [0.5, 0.6) is 0 Å². The van der Waals surface area contributed by atoms with Gasteiger partial charge >= 0.3 is 0 Å². The fraction of sp³-hybridized carbons (Fsp3) is 0.149. The van der Waals surface area contributed by atoms with Gasteiger partial charge in [0, 0.05) is 22.5 Å². The van der Waals surface area contributed by atoms with Gasteiger partial charge in [-0.2, -0.15) is 0 Å². The number of anilines is 3. The highest BCUT2D eigenvalue weighted by molar-refractivity contribution is 5.97. The molecule has 0 radical (unpaired) electrons. The molecule has 0 aromatic heterocycles. The van der Waals surface area contributed by atoms with Crippen molar-refractivity contribution in [1.82, 2.24) is 0 Å². The van der Waals surface area contributed by atoms with Crippen molar-refractivity contribution in [1.29, 1.82) is 0 Å². The highest BCUT2D eigenvalue weighted by Gasteiger charge is 2.38. The van der Waals surface area contributed by atoms with Crippen molar-refractivity contribution < 1.29 is 0 Å². The molecule has 0 atom stereocenters. The van der Waals surface area contributed by atoms with E-state index in [2.05, 4.69) is 170 Å². The van der Waals surface area contributed by atoms with Crippen molar-refractivity contribution in [2.24, 2.45) is 0 Å². The molecule has 0 unspecified atom stereocenters. The molecule has 1 heteroatoms. The van der Waals surface area contributed by atoms with E-state index < -0.39 is 0 Å². The number of hydrogen-bond donors (Lipinski definition) is 0. The first kappa shape index (κ1) is 28.8. The Morgan fingerprint density at radius 3 is 1.94 bits per heavy atom. The number of aryl methyl sites for hydroxylation is 4. The molecule has 7 aromatic rings. The van der Waals surface area contributed by atoms with E-state index >= 15 is 0 Å². The highest BCUT2D eigenvalue weighted by atomic mass is 15.1. The minimum atomic E-state index is -0.131. The largest absolute Gasteiger partial charge is 0.310 e. The van der Waals surface area contributed by atoms with Crippen LogP contribution in [0, 0.1) is 0 Å². The molecule has 232 valence electrons. The van der Waals surface area contributed by atoms with Gasteiger partial charge in [0.05, 0.1) is 0 Å². The number of nitrogens with zero attached hydrogens (tertiary/aromatic N) is 1. The predicted molar refractivity (Wildman–Crippen MR) is 203 cm³/mol.